The number of hydrogen-bond acceptors (Lipinski definition) is 3. The summed E-state index contributed by atoms with van der Waals surface area (Å²) in [6, 6.07) is 20.7. The number of benzene rings is 2. The van der Waals surface area contributed by atoms with Gasteiger partial charge in [-0.15, -0.1) is 0 Å². The van der Waals surface area contributed by atoms with Crippen molar-refractivity contribution in [3.05, 3.63) is 60.7 Å². The summed E-state index contributed by atoms with van der Waals surface area (Å²) >= 11 is 0. The van der Waals surface area contributed by atoms with Gasteiger partial charge in [0.2, 0.25) is 0 Å². The summed E-state index contributed by atoms with van der Waals surface area (Å²) in [5, 5.41) is 13.0. The number of rotatable bonds is 8. The second kappa shape index (κ2) is 8.48. The van der Waals surface area contributed by atoms with E-state index in [-0.39, 0.29) is 17.0 Å². The van der Waals surface area contributed by atoms with Crippen molar-refractivity contribution in [2.24, 2.45) is 11.7 Å². The summed E-state index contributed by atoms with van der Waals surface area (Å²) < 4.78 is 6.40. The van der Waals surface area contributed by atoms with Gasteiger partial charge in [0, 0.05) is 13.2 Å². The SMILES string of the molecule is CO[Si](c1ccccc1)(c1ccccc1)C(C)(C)C[C@H](O)C(N)C(C)C. The minimum absolute atomic E-state index is 0.230. The third-order valence-electron chi connectivity index (χ3n) is 5.55. The van der Waals surface area contributed by atoms with Crippen molar-refractivity contribution in [2.75, 3.05) is 7.11 Å². The van der Waals surface area contributed by atoms with Gasteiger partial charge in [0.1, 0.15) is 0 Å². The van der Waals surface area contributed by atoms with Crippen molar-refractivity contribution in [2.45, 2.75) is 51.3 Å². The van der Waals surface area contributed by atoms with Crippen molar-refractivity contribution >= 4 is 18.7 Å². The molecule has 2 aromatic rings. The second-order valence-electron chi connectivity index (χ2n) is 8.09. The summed E-state index contributed by atoms with van der Waals surface area (Å²) in [7, 11) is -0.800. The first-order chi connectivity index (χ1) is 12.3. The molecule has 0 heterocycles. The molecule has 1 unspecified atom stereocenters. The quantitative estimate of drug-likeness (QED) is 0.702. The fourth-order valence-electron chi connectivity index (χ4n) is 4.05. The fraction of sp³-hybridized carbons (Fsp3) is 0.455. The van der Waals surface area contributed by atoms with Gasteiger partial charge in [-0.25, -0.2) is 0 Å². The molecule has 2 atom stereocenters. The normalized spacial score (nSPS) is 15.1. The molecule has 0 bridgehead atoms. The summed E-state index contributed by atoms with van der Waals surface area (Å²) in [6.07, 6.45) is 0.0235. The molecule has 142 valence electrons. The van der Waals surface area contributed by atoms with Crippen molar-refractivity contribution in [1.82, 2.24) is 0 Å². The highest BCUT2D eigenvalue weighted by molar-refractivity contribution is 6.99. The van der Waals surface area contributed by atoms with Gasteiger partial charge in [0.25, 0.3) is 8.32 Å². The summed E-state index contributed by atoms with van der Waals surface area (Å²) in [6.45, 7) is 8.52. The van der Waals surface area contributed by atoms with Crippen LogP contribution in [-0.2, 0) is 4.43 Å². The molecule has 0 saturated heterocycles. The van der Waals surface area contributed by atoms with Gasteiger partial charge in [-0.2, -0.15) is 0 Å². The molecular formula is C22H33NO2Si. The molecule has 0 radical (unpaired) electrons. The topological polar surface area (TPSA) is 55.5 Å². The highest BCUT2D eigenvalue weighted by Crippen LogP contribution is 2.42. The van der Waals surface area contributed by atoms with Crippen LogP contribution in [0.15, 0.2) is 60.7 Å². The van der Waals surface area contributed by atoms with E-state index < -0.39 is 14.4 Å². The van der Waals surface area contributed by atoms with Crippen LogP contribution in [0.3, 0.4) is 0 Å². The van der Waals surface area contributed by atoms with Crippen molar-refractivity contribution in [3.63, 3.8) is 0 Å². The van der Waals surface area contributed by atoms with E-state index in [1.807, 2.05) is 19.2 Å². The maximum absolute atomic E-state index is 10.8. The predicted octanol–water partition coefficient (Wildman–Crippen LogP) is 2.91. The van der Waals surface area contributed by atoms with Crippen LogP contribution >= 0.6 is 0 Å². The predicted molar refractivity (Wildman–Crippen MR) is 112 cm³/mol. The van der Waals surface area contributed by atoms with Gasteiger partial charge in [0.05, 0.1) is 6.10 Å². The number of aliphatic hydroxyl groups excluding tert-OH is 1. The summed E-state index contributed by atoms with van der Waals surface area (Å²) in [4.78, 5) is 0. The van der Waals surface area contributed by atoms with Crippen molar-refractivity contribution in [3.8, 4) is 0 Å². The Morgan fingerprint density at radius 3 is 1.73 bits per heavy atom. The molecular weight excluding hydrogens is 338 g/mol. The molecule has 0 spiro atoms. The Kier molecular flexibility index (Phi) is 6.80. The Morgan fingerprint density at radius 2 is 1.38 bits per heavy atom. The van der Waals surface area contributed by atoms with E-state index in [0.717, 1.165) is 0 Å². The lowest BCUT2D eigenvalue weighted by molar-refractivity contribution is 0.102. The Labute approximate surface area is 159 Å². The van der Waals surface area contributed by atoms with Crippen LogP contribution in [0, 0.1) is 5.92 Å². The molecule has 2 aromatic carbocycles. The van der Waals surface area contributed by atoms with Crippen LogP contribution in [0.25, 0.3) is 0 Å². The van der Waals surface area contributed by atoms with Crippen molar-refractivity contribution in [1.29, 1.82) is 0 Å². The molecule has 3 nitrogen and oxygen atoms in total. The van der Waals surface area contributed by atoms with Crippen molar-refractivity contribution < 1.29 is 9.53 Å². The molecule has 0 saturated carbocycles. The molecule has 3 N–H and O–H groups in total. The van der Waals surface area contributed by atoms with E-state index in [1.165, 1.54) is 10.4 Å². The summed E-state index contributed by atoms with van der Waals surface area (Å²) in [5.41, 5.74) is 6.25. The Bertz CT molecular complexity index is 634. The summed E-state index contributed by atoms with van der Waals surface area (Å²) in [5.74, 6) is 0.230. The molecule has 0 fully saturated rings. The minimum atomic E-state index is -2.61. The van der Waals surface area contributed by atoms with E-state index in [1.54, 1.807) is 0 Å². The van der Waals surface area contributed by atoms with Gasteiger partial charge in [-0.3, -0.25) is 0 Å². The lowest BCUT2D eigenvalue weighted by atomic mass is 9.93. The first kappa shape index (κ1) is 20.8. The molecule has 0 aliphatic heterocycles. The van der Waals surface area contributed by atoms with E-state index in [0.29, 0.717) is 6.42 Å². The minimum Gasteiger partial charge on any atom is -0.411 e. The third kappa shape index (κ3) is 3.94. The molecule has 26 heavy (non-hydrogen) atoms. The zero-order valence-corrected chi connectivity index (χ0v) is 17.6. The van der Waals surface area contributed by atoms with E-state index in [4.69, 9.17) is 10.2 Å². The largest absolute Gasteiger partial charge is 0.411 e. The molecule has 4 heteroatoms. The second-order valence-corrected chi connectivity index (χ2v) is 12.4. The molecule has 0 aliphatic rings. The lowest BCUT2D eigenvalue weighted by Gasteiger charge is -2.45. The maximum Gasteiger partial charge on any atom is 0.260 e. The van der Waals surface area contributed by atoms with E-state index in [2.05, 4.69) is 76.2 Å². The molecule has 0 amide bonds. The molecule has 2 rings (SSSR count). The maximum atomic E-state index is 10.8. The van der Waals surface area contributed by atoms with E-state index >= 15 is 0 Å². The Balaban J connectivity index is 2.56. The lowest BCUT2D eigenvalue weighted by Crippen LogP contribution is -2.67. The zero-order chi connectivity index (χ0) is 19.4. The number of nitrogens with two attached hydrogens (primary N) is 1. The molecule has 0 aliphatic carbocycles. The van der Waals surface area contributed by atoms with Crippen LogP contribution in [0.4, 0.5) is 0 Å². The third-order valence-corrected chi connectivity index (χ3v) is 10.6. The van der Waals surface area contributed by atoms with Gasteiger partial charge in [0.15, 0.2) is 0 Å². The highest BCUT2D eigenvalue weighted by atomic mass is 28.4. The fourth-order valence-corrected chi connectivity index (χ4v) is 8.79. The average molecular weight is 372 g/mol. The van der Waals surface area contributed by atoms with Crippen LogP contribution in [0.2, 0.25) is 5.04 Å². The standard InChI is InChI=1S/C22H33NO2Si/c1-17(2)21(23)20(24)16-22(3,4)26(25-5,18-12-8-6-9-13-18)19-14-10-7-11-15-19/h6-15,17,20-21,24H,16,23H2,1-5H3/t20-,21?/m0/s1. The smallest absolute Gasteiger partial charge is 0.260 e. The number of hydrogen-bond donors (Lipinski definition) is 2. The van der Waals surface area contributed by atoms with Gasteiger partial charge < -0.3 is 15.3 Å². The van der Waals surface area contributed by atoms with Crippen LogP contribution in [0.5, 0.6) is 0 Å². The average Bonchev–Trinajstić information content (AvgIpc) is 2.63. The van der Waals surface area contributed by atoms with Crippen LogP contribution < -0.4 is 16.1 Å². The van der Waals surface area contributed by atoms with Crippen LogP contribution in [-0.4, -0.2) is 32.7 Å². The monoisotopic (exact) mass is 371 g/mol. The van der Waals surface area contributed by atoms with E-state index in [9.17, 15) is 5.11 Å². The van der Waals surface area contributed by atoms with Crippen LogP contribution in [0.1, 0.15) is 34.1 Å². The van der Waals surface area contributed by atoms with Gasteiger partial charge in [-0.05, 0) is 27.8 Å². The number of aliphatic hydroxyl groups is 1. The first-order valence-electron chi connectivity index (χ1n) is 9.36. The zero-order valence-electron chi connectivity index (χ0n) is 16.6. The first-order valence-corrected chi connectivity index (χ1v) is 11.3. The highest BCUT2D eigenvalue weighted by Gasteiger charge is 2.52. The Morgan fingerprint density at radius 1 is 0.962 bits per heavy atom. The Hall–Kier alpha value is -1.46. The van der Waals surface area contributed by atoms with Gasteiger partial charge in [-0.1, -0.05) is 88.4 Å². The van der Waals surface area contributed by atoms with Gasteiger partial charge >= 0.3 is 0 Å². The molecule has 0 aromatic heterocycles.